The van der Waals surface area contributed by atoms with Crippen molar-refractivity contribution in [2.45, 2.75) is 24.7 Å². The molecule has 1 rings (SSSR count). The number of sulfonamides is 1. The molecule has 0 aromatic heterocycles. The molecule has 0 amide bonds. The minimum atomic E-state index is -3.36. The molecule has 0 saturated carbocycles. The summed E-state index contributed by atoms with van der Waals surface area (Å²) in [6.45, 7) is 2.09. The van der Waals surface area contributed by atoms with Gasteiger partial charge < -0.3 is 4.74 Å². The molecule has 0 radical (unpaired) electrons. The van der Waals surface area contributed by atoms with Gasteiger partial charge in [0.1, 0.15) is 5.25 Å². The van der Waals surface area contributed by atoms with Gasteiger partial charge >= 0.3 is 0 Å². The maximum Gasteiger partial charge on any atom is 0.214 e. The van der Waals surface area contributed by atoms with E-state index in [0.717, 1.165) is 0 Å². The van der Waals surface area contributed by atoms with Crippen LogP contribution in [0.5, 0.6) is 0 Å². The Labute approximate surface area is 60.4 Å². The fraction of sp³-hybridized carbons (Fsp3) is 1.00. The lowest BCUT2D eigenvalue weighted by atomic mass is 10.3. The molecule has 1 aliphatic rings. The van der Waals surface area contributed by atoms with E-state index in [-0.39, 0.29) is 12.7 Å². The molecule has 0 spiro atoms. The van der Waals surface area contributed by atoms with E-state index in [9.17, 15) is 8.42 Å². The smallest absolute Gasteiger partial charge is 0.214 e. The highest BCUT2D eigenvalue weighted by Crippen LogP contribution is 2.16. The monoisotopic (exact) mass is 165 g/mol. The van der Waals surface area contributed by atoms with Crippen molar-refractivity contribution in [1.82, 2.24) is 0 Å². The normalized spacial score (nSPS) is 34.6. The van der Waals surface area contributed by atoms with Crippen molar-refractivity contribution < 1.29 is 13.2 Å². The second kappa shape index (κ2) is 2.48. The van der Waals surface area contributed by atoms with Gasteiger partial charge in [-0.15, -0.1) is 0 Å². The predicted molar refractivity (Wildman–Crippen MR) is 36.9 cm³/mol. The number of ether oxygens (including phenoxy) is 1. The van der Waals surface area contributed by atoms with Gasteiger partial charge in [-0.2, -0.15) is 0 Å². The lowest BCUT2D eigenvalue weighted by Crippen LogP contribution is -2.28. The van der Waals surface area contributed by atoms with Crippen LogP contribution >= 0.6 is 0 Å². The fourth-order valence-corrected chi connectivity index (χ4v) is 1.81. The Morgan fingerprint density at radius 3 is 2.40 bits per heavy atom. The van der Waals surface area contributed by atoms with Crippen LogP contribution in [0.1, 0.15) is 13.3 Å². The summed E-state index contributed by atoms with van der Waals surface area (Å²) in [5, 5.41) is 4.41. The lowest BCUT2D eigenvalue weighted by molar-refractivity contribution is 0.125. The zero-order valence-corrected chi connectivity index (χ0v) is 6.60. The first kappa shape index (κ1) is 7.97. The van der Waals surface area contributed by atoms with Gasteiger partial charge in [0.25, 0.3) is 0 Å². The molecule has 60 valence electrons. The largest absolute Gasteiger partial charge is 0.377 e. The zero-order chi connectivity index (χ0) is 7.78. The lowest BCUT2D eigenvalue weighted by Gasteiger charge is -2.01. The molecule has 5 heteroatoms. The van der Waals surface area contributed by atoms with Crippen molar-refractivity contribution in [3.63, 3.8) is 0 Å². The van der Waals surface area contributed by atoms with Crippen LogP contribution in [0.25, 0.3) is 0 Å². The first-order valence-electron chi connectivity index (χ1n) is 3.13. The summed E-state index contributed by atoms with van der Waals surface area (Å²) in [7, 11) is -3.36. The van der Waals surface area contributed by atoms with Crippen LogP contribution in [-0.4, -0.2) is 26.4 Å². The van der Waals surface area contributed by atoms with Gasteiger partial charge in [-0.3, -0.25) is 0 Å². The van der Waals surface area contributed by atoms with E-state index in [4.69, 9.17) is 9.88 Å². The standard InChI is InChI=1S/C5H11NO3S/c1-4-2-5(3-9-4)10(6,7)8/h4-5H,2-3H2,1H3,(H2,6,7,8). The van der Waals surface area contributed by atoms with E-state index in [1.165, 1.54) is 0 Å². The summed E-state index contributed by atoms with van der Waals surface area (Å²) in [5.74, 6) is 0. The number of primary sulfonamides is 1. The van der Waals surface area contributed by atoms with E-state index >= 15 is 0 Å². The summed E-state index contributed by atoms with van der Waals surface area (Å²) >= 11 is 0. The second-order valence-corrected chi connectivity index (χ2v) is 4.44. The molecule has 0 aromatic rings. The molecule has 0 bridgehead atoms. The van der Waals surface area contributed by atoms with Crippen molar-refractivity contribution >= 4 is 10.0 Å². The van der Waals surface area contributed by atoms with Gasteiger partial charge in [-0.25, -0.2) is 13.6 Å². The Hall–Kier alpha value is -0.130. The second-order valence-electron chi connectivity index (χ2n) is 2.59. The van der Waals surface area contributed by atoms with Gasteiger partial charge in [0, 0.05) is 0 Å². The minimum absolute atomic E-state index is 0.0309. The van der Waals surface area contributed by atoms with E-state index in [2.05, 4.69) is 0 Å². The molecule has 1 heterocycles. The highest BCUT2D eigenvalue weighted by Gasteiger charge is 2.30. The Balaban J connectivity index is 2.62. The average molecular weight is 165 g/mol. The van der Waals surface area contributed by atoms with Crippen molar-refractivity contribution in [2.24, 2.45) is 5.14 Å². The highest BCUT2D eigenvalue weighted by molar-refractivity contribution is 7.89. The summed E-state index contributed by atoms with van der Waals surface area (Å²) in [6.07, 6.45) is 0.557. The topological polar surface area (TPSA) is 69.4 Å². The van der Waals surface area contributed by atoms with Crippen molar-refractivity contribution in [1.29, 1.82) is 0 Å². The van der Waals surface area contributed by atoms with Crippen LogP contribution in [0.4, 0.5) is 0 Å². The molecule has 1 saturated heterocycles. The van der Waals surface area contributed by atoms with Gasteiger partial charge in [-0.1, -0.05) is 0 Å². The third-order valence-electron chi connectivity index (χ3n) is 1.63. The van der Waals surface area contributed by atoms with Crippen LogP contribution in [-0.2, 0) is 14.8 Å². The van der Waals surface area contributed by atoms with Gasteiger partial charge in [-0.05, 0) is 13.3 Å². The summed E-state index contributed by atoms with van der Waals surface area (Å²) in [5.41, 5.74) is 0. The highest BCUT2D eigenvalue weighted by atomic mass is 32.2. The third kappa shape index (κ3) is 1.68. The van der Waals surface area contributed by atoms with Gasteiger partial charge in [0.2, 0.25) is 10.0 Å². The van der Waals surface area contributed by atoms with Gasteiger partial charge in [0.05, 0.1) is 12.7 Å². The molecule has 0 aromatic carbocycles. The van der Waals surface area contributed by atoms with Crippen molar-refractivity contribution in [3.8, 4) is 0 Å². The maximum absolute atomic E-state index is 10.7. The van der Waals surface area contributed by atoms with Crippen molar-refractivity contribution in [3.05, 3.63) is 0 Å². The summed E-state index contributed by atoms with van der Waals surface area (Å²) in [6, 6.07) is 0. The Morgan fingerprint density at radius 2 is 2.20 bits per heavy atom. The molecule has 4 nitrogen and oxygen atoms in total. The summed E-state index contributed by atoms with van der Waals surface area (Å²) < 4.78 is 26.4. The number of hydrogen-bond donors (Lipinski definition) is 1. The maximum atomic E-state index is 10.7. The van der Waals surface area contributed by atoms with Crippen LogP contribution in [0.3, 0.4) is 0 Å². The number of hydrogen-bond acceptors (Lipinski definition) is 3. The van der Waals surface area contributed by atoms with Crippen LogP contribution < -0.4 is 5.14 Å². The van der Waals surface area contributed by atoms with Gasteiger partial charge in [0.15, 0.2) is 0 Å². The third-order valence-corrected chi connectivity index (χ3v) is 2.88. The fourth-order valence-electron chi connectivity index (χ4n) is 1.01. The molecular formula is C5H11NO3S. The Morgan fingerprint density at radius 1 is 1.60 bits per heavy atom. The number of rotatable bonds is 1. The summed E-state index contributed by atoms with van der Waals surface area (Å²) in [4.78, 5) is 0. The SMILES string of the molecule is CC1CC(S(N)(=O)=O)CO1. The van der Waals surface area contributed by atoms with Crippen LogP contribution in [0, 0.1) is 0 Å². The Kier molecular flexibility index (Phi) is 1.98. The molecule has 10 heavy (non-hydrogen) atoms. The minimum Gasteiger partial charge on any atom is -0.377 e. The molecule has 2 atom stereocenters. The molecule has 2 unspecified atom stereocenters. The molecular weight excluding hydrogens is 154 g/mol. The molecule has 1 aliphatic heterocycles. The average Bonchev–Trinajstić information content (AvgIpc) is 2.11. The first-order chi connectivity index (χ1) is 4.50. The number of nitrogens with two attached hydrogens (primary N) is 1. The molecule has 0 aliphatic carbocycles. The first-order valence-corrected chi connectivity index (χ1v) is 4.74. The molecule has 2 N–H and O–H groups in total. The van der Waals surface area contributed by atoms with Crippen LogP contribution in [0.15, 0.2) is 0 Å². The van der Waals surface area contributed by atoms with Crippen molar-refractivity contribution in [2.75, 3.05) is 6.61 Å². The van der Waals surface area contributed by atoms with E-state index < -0.39 is 15.3 Å². The van der Waals surface area contributed by atoms with E-state index in [1.54, 1.807) is 0 Å². The van der Waals surface area contributed by atoms with Crippen LogP contribution in [0.2, 0.25) is 0 Å². The quantitative estimate of drug-likeness (QED) is 0.567. The zero-order valence-electron chi connectivity index (χ0n) is 5.78. The predicted octanol–water partition coefficient (Wildman–Crippen LogP) is -0.548. The Bertz CT molecular complexity index is 211. The van der Waals surface area contributed by atoms with E-state index in [0.29, 0.717) is 6.42 Å². The molecule has 1 fully saturated rings. The van der Waals surface area contributed by atoms with E-state index in [1.807, 2.05) is 6.92 Å².